The number of primary amides is 1. The van der Waals surface area contributed by atoms with Crippen LogP contribution >= 0.6 is 0 Å². The summed E-state index contributed by atoms with van der Waals surface area (Å²) in [6, 6.07) is -0.235. The Bertz CT molecular complexity index is 254. The predicted molar refractivity (Wildman–Crippen MR) is 68.4 cm³/mol. The molecule has 0 unspecified atom stereocenters. The van der Waals surface area contributed by atoms with E-state index in [0.29, 0.717) is 12.5 Å². The molecule has 0 radical (unpaired) electrons. The van der Waals surface area contributed by atoms with Crippen LogP contribution in [-0.4, -0.2) is 42.9 Å². The first-order valence-electron chi connectivity index (χ1n) is 6.16. The molecule has 0 heterocycles. The minimum Gasteiger partial charge on any atom is -0.368 e. The lowest BCUT2D eigenvalue weighted by Gasteiger charge is -2.26. The predicted octanol–water partition coefficient (Wildman–Crippen LogP) is 0.344. The Morgan fingerprint density at radius 3 is 2.29 bits per heavy atom. The minimum atomic E-state index is -0.466. The number of nitrogens with one attached hydrogen (secondary N) is 1. The van der Waals surface area contributed by atoms with Crippen molar-refractivity contribution >= 4 is 11.8 Å². The van der Waals surface area contributed by atoms with Crippen LogP contribution in [0.5, 0.6) is 0 Å². The molecule has 5 heteroatoms. The number of carbonyl (C=O) groups is 2. The Hall–Kier alpha value is -1.10. The number of likely N-dealkylation sites (N-methyl/N-ethyl adjacent to an activating group) is 1. The molecule has 0 aromatic heterocycles. The number of carbonyl (C=O) groups excluding carboxylic acids is 2. The summed E-state index contributed by atoms with van der Waals surface area (Å²) in [6.45, 7) is 6.67. The molecule has 2 amide bonds. The van der Waals surface area contributed by atoms with Gasteiger partial charge in [0.05, 0.1) is 12.6 Å². The first kappa shape index (κ1) is 15.9. The van der Waals surface area contributed by atoms with E-state index in [9.17, 15) is 9.59 Å². The zero-order valence-corrected chi connectivity index (χ0v) is 11.3. The molecule has 5 nitrogen and oxygen atoms in total. The number of rotatable bonds is 8. The number of hydrogen-bond acceptors (Lipinski definition) is 3. The third-order valence-electron chi connectivity index (χ3n) is 2.51. The van der Waals surface area contributed by atoms with Gasteiger partial charge in [0.2, 0.25) is 11.8 Å². The SMILES string of the molecule is CCCN(CC(N)=O)C(=O)[C@@H](CC(C)C)NC. The summed E-state index contributed by atoms with van der Waals surface area (Å²) < 4.78 is 0. The van der Waals surface area contributed by atoms with E-state index in [2.05, 4.69) is 19.2 Å². The zero-order chi connectivity index (χ0) is 13.4. The molecule has 1 atom stereocenters. The number of hydrogen-bond donors (Lipinski definition) is 2. The second-order valence-corrected chi connectivity index (χ2v) is 4.70. The maximum absolute atomic E-state index is 12.2. The Labute approximate surface area is 104 Å². The van der Waals surface area contributed by atoms with Crippen molar-refractivity contribution in [3.63, 3.8) is 0 Å². The van der Waals surface area contributed by atoms with Gasteiger partial charge in [-0.15, -0.1) is 0 Å². The van der Waals surface area contributed by atoms with E-state index < -0.39 is 5.91 Å². The van der Waals surface area contributed by atoms with E-state index in [1.54, 1.807) is 7.05 Å². The second kappa shape index (κ2) is 8.06. The van der Waals surface area contributed by atoms with Crippen LogP contribution < -0.4 is 11.1 Å². The molecular weight excluding hydrogens is 218 g/mol. The summed E-state index contributed by atoms with van der Waals surface area (Å²) in [5.41, 5.74) is 5.15. The summed E-state index contributed by atoms with van der Waals surface area (Å²) in [4.78, 5) is 24.7. The van der Waals surface area contributed by atoms with E-state index in [1.807, 2.05) is 6.92 Å². The summed E-state index contributed by atoms with van der Waals surface area (Å²) >= 11 is 0. The van der Waals surface area contributed by atoms with E-state index in [-0.39, 0.29) is 18.5 Å². The fraction of sp³-hybridized carbons (Fsp3) is 0.833. The van der Waals surface area contributed by atoms with Gasteiger partial charge in [-0.25, -0.2) is 0 Å². The molecule has 0 saturated carbocycles. The van der Waals surface area contributed by atoms with Gasteiger partial charge in [0, 0.05) is 6.54 Å². The van der Waals surface area contributed by atoms with Crippen molar-refractivity contribution in [3.8, 4) is 0 Å². The highest BCUT2D eigenvalue weighted by Crippen LogP contribution is 2.08. The van der Waals surface area contributed by atoms with Crippen molar-refractivity contribution in [3.05, 3.63) is 0 Å². The summed E-state index contributed by atoms with van der Waals surface area (Å²) in [7, 11) is 1.76. The smallest absolute Gasteiger partial charge is 0.240 e. The molecule has 100 valence electrons. The van der Waals surface area contributed by atoms with Crippen molar-refractivity contribution in [1.82, 2.24) is 10.2 Å². The fourth-order valence-electron chi connectivity index (χ4n) is 1.76. The second-order valence-electron chi connectivity index (χ2n) is 4.70. The largest absolute Gasteiger partial charge is 0.368 e. The Balaban J connectivity index is 4.59. The lowest BCUT2D eigenvalue weighted by atomic mass is 10.0. The fourth-order valence-corrected chi connectivity index (χ4v) is 1.76. The van der Waals surface area contributed by atoms with Gasteiger partial charge < -0.3 is 16.0 Å². The normalized spacial score (nSPS) is 12.5. The molecule has 0 aliphatic heterocycles. The number of nitrogens with two attached hydrogens (primary N) is 1. The van der Waals surface area contributed by atoms with Crippen LogP contribution in [0.25, 0.3) is 0 Å². The first-order chi connectivity index (χ1) is 7.92. The third-order valence-corrected chi connectivity index (χ3v) is 2.51. The van der Waals surface area contributed by atoms with Gasteiger partial charge >= 0.3 is 0 Å². The van der Waals surface area contributed by atoms with Crippen molar-refractivity contribution in [1.29, 1.82) is 0 Å². The van der Waals surface area contributed by atoms with Gasteiger partial charge in [0.1, 0.15) is 0 Å². The highest BCUT2D eigenvalue weighted by atomic mass is 16.2. The first-order valence-corrected chi connectivity index (χ1v) is 6.16. The van der Waals surface area contributed by atoms with Crippen molar-refractivity contribution in [2.45, 2.75) is 39.7 Å². The van der Waals surface area contributed by atoms with Crippen LogP contribution in [0.4, 0.5) is 0 Å². The molecule has 0 saturated heterocycles. The molecule has 17 heavy (non-hydrogen) atoms. The molecule has 0 aliphatic carbocycles. The van der Waals surface area contributed by atoms with Crippen LogP contribution in [0.1, 0.15) is 33.6 Å². The quantitative estimate of drug-likeness (QED) is 0.645. The summed E-state index contributed by atoms with van der Waals surface area (Å²) in [5.74, 6) is -0.0819. The monoisotopic (exact) mass is 243 g/mol. The highest BCUT2D eigenvalue weighted by molar-refractivity contribution is 5.86. The average molecular weight is 243 g/mol. The molecule has 0 bridgehead atoms. The Kier molecular flexibility index (Phi) is 7.54. The van der Waals surface area contributed by atoms with Gasteiger partial charge in [-0.3, -0.25) is 9.59 Å². The minimum absolute atomic E-state index is 0.00293. The van der Waals surface area contributed by atoms with Gasteiger partial charge in [-0.2, -0.15) is 0 Å². The van der Waals surface area contributed by atoms with Gasteiger partial charge in [-0.05, 0) is 25.8 Å². The molecule has 3 N–H and O–H groups in total. The molecule has 0 aromatic rings. The van der Waals surface area contributed by atoms with Gasteiger partial charge in [0.15, 0.2) is 0 Å². The summed E-state index contributed by atoms with van der Waals surface area (Å²) in [6.07, 6.45) is 1.57. The van der Waals surface area contributed by atoms with E-state index in [1.165, 1.54) is 4.90 Å². The molecule has 0 rings (SSSR count). The molecular formula is C12H25N3O2. The van der Waals surface area contributed by atoms with Crippen molar-refractivity contribution in [2.24, 2.45) is 11.7 Å². The molecule has 0 fully saturated rings. The van der Waals surface area contributed by atoms with E-state index in [0.717, 1.165) is 12.8 Å². The molecule has 0 spiro atoms. The van der Waals surface area contributed by atoms with Crippen molar-refractivity contribution in [2.75, 3.05) is 20.1 Å². The zero-order valence-electron chi connectivity index (χ0n) is 11.3. The van der Waals surface area contributed by atoms with E-state index >= 15 is 0 Å². The number of nitrogens with zero attached hydrogens (tertiary/aromatic N) is 1. The lowest BCUT2D eigenvalue weighted by Crippen LogP contribution is -2.48. The Morgan fingerprint density at radius 2 is 1.94 bits per heavy atom. The highest BCUT2D eigenvalue weighted by Gasteiger charge is 2.24. The van der Waals surface area contributed by atoms with Crippen LogP contribution in [0, 0.1) is 5.92 Å². The number of amides is 2. The maximum Gasteiger partial charge on any atom is 0.240 e. The summed E-state index contributed by atoms with van der Waals surface area (Å²) in [5, 5.41) is 3.00. The van der Waals surface area contributed by atoms with Gasteiger partial charge in [0.25, 0.3) is 0 Å². The maximum atomic E-state index is 12.2. The van der Waals surface area contributed by atoms with Gasteiger partial charge in [-0.1, -0.05) is 20.8 Å². The Morgan fingerprint density at radius 1 is 1.35 bits per heavy atom. The molecule has 0 aromatic carbocycles. The van der Waals surface area contributed by atoms with E-state index in [4.69, 9.17) is 5.73 Å². The van der Waals surface area contributed by atoms with Crippen LogP contribution in [0.3, 0.4) is 0 Å². The molecule has 0 aliphatic rings. The van der Waals surface area contributed by atoms with Crippen LogP contribution in [-0.2, 0) is 9.59 Å². The third kappa shape index (κ3) is 6.26. The standard InChI is InChI=1S/C12H25N3O2/c1-5-6-15(8-11(13)16)12(17)10(14-4)7-9(2)3/h9-10,14H,5-8H2,1-4H3,(H2,13,16)/t10-/m1/s1. The average Bonchev–Trinajstić information content (AvgIpc) is 2.23. The van der Waals surface area contributed by atoms with Crippen molar-refractivity contribution < 1.29 is 9.59 Å². The topological polar surface area (TPSA) is 75.4 Å². The van der Waals surface area contributed by atoms with Crippen LogP contribution in [0.2, 0.25) is 0 Å². The lowest BCUT2D eigenvalue weighted by molar-refractivity contribution is -0.137. The van der Waals surface area contributed by atoms with Crippen LogP contribution in [0.15, 0.2) is 0 Å².